The first-order valence-electron chi connectivity index (χ1n) is 10.9. The first-order chi connectivity index (χ1) is 15.0. The molecular formula is C24H27ClN6. The lowest BCUT2D eigenvalue weighted by atomic mass is 10.1. The Morgan fingerprint density at radius 1 is 1.03 bits per heavy atom. The van der Waals surface area contributed by atoms with E-state index in [-0.39, 0.29) is 0 Å². The van der Waals surface area contributed by atoms with Gasteiger partial charge in [0.15, 0.2) is 11.5 Å². The van der Waals surface area contributed by atoms with E-state index in [0.29, 0.717) is 17.0 Å². The average Bonchev–Trinajstić information content (AvgIpc) is 3.20. The molecule has 0 unspecified atom stereocenters. The number of nitrogens with zero attached hydrogens (tertiary/aromatic N) is 6. The number of para-hydroxylation sites is 1. The van der Waals surface area contributed by atoms with Crippen molar-refractivity contribution in [1.82, 2.24) is 24.5 Å². The molecule has 1 fully saturated rings. The summed E-state index contributed by atoms with van der Waals surface area (Å²) in [7, 11) is 0. The van der Waals surface area contributed by atoms with E-state index in [4.69, 9.17) is 16.6 Å². The number of rotatable bonds is 4. The number of halogens is 1. The molecule has 4 aromatic rings. The van der Waals surface area contributed by atoms with Gasteiger partial charge < -0.3 is 4.90 Å². The molecule has 0 radical (unpaired) electrons. The molecule has 1 aliphatic rings. The number of hydrogen-bond acceptors (Lipinski definition) is 5. The van der Waals surface area contributed by atoms with Crippen molar-refractivity contribution in [2.45, 2.75) is 26.8 Å². The summed E-state index contributed by atoms with van der Waals surface area (Å²) in [6.07, 6.45) is 0. The van der Waals surface area contributed by atoms with Crippen LogP contribution in [0.5, 0.6) is 0 Å². The molecule has 0 N–H and O–H groups in total. The molecule has 1 aliphatic heterocycles. The quantitative estimate of drug-likeness (QED) is 0.463. The predicted octanol–water partition coefficient (Wildman–Crippen LogP) is 4.76. The molecule has 2 aromatic carbocycles. The van der Waals surface area contributed by atoms with E-state index < -0.39 is 0 Å². The lowest BCUT2D eigenvalue weighted by Gasteiger charge is -2.41. The molecule has 7 heteroatoms. The Morgan fingerprint density at radius 2 is 1.81 bits per heavy atom. The highest BCUT2D eigenvalue weighted by atomic mass is 35.5. The number of benzene rings is 2. The highest BCUT2D eigenvalue weighted by Crippen LogP contribution is 2.30. The summed E-state index contributed by atoms with van der Waals surface area (Å²) in [4.78, 5) is 10.0. The minimum atomic E-state index is 0.454. The fourth-order valence-electron chi connectivity index (χ4n) is 4.48. The van der Waals surface area contributed by atoms with Gasteiger partial charge in [0.25, 0.3) is 0 Å². The summed E-state index contributed by atoms with van der Waals surface area (Å²) < 4.78 is 2.11. The average molecular weight is 435 g/mol. The van der Waals surface area contributed by atoms with Crippen molar-refractivity contribution < 1.29 is 0 Å². The summed E-state index contributed by atoms with van der Waals surface area (Å²) in [6, 6.07) is 16.4. The zero-order chi connectivity index (χ0) is 21.5. The Labute approximate surface area is 187 Å². The van der Waals surface area contributed by atoms with E-state index in [1.807, 2.05) is 42.5 Å². The van der Waals surface area contributed by atoms with Gasteiger partial charge >= 0.3 is 0 Å². The third kappa shape index (κ3) is 3.75. The minimum absolute atomic E-state index is 0.454. The molecule has 1 saturated heterocycles. The Hall–Kier alpha value is -2.70. The fourth-order valence-corrected chi connectivity index (χ4v) is 4.61. The van der Waals surface area contributed by atoms with E-state index in [1.165, 1.54) is 0 Å². The first-order valence-corrected chi connectivity index (χ1v) is 11.3. The van der Waals surface area contributed by atoms with Crippen molar-refractivity contribution in [3.8, 4) is 11.4 Å². The summed E-state index contributed by atoms with van der Waals surface area (Å²) >= 11 is 6.12. The first kappa shape index (κ1) is 20.2. The number of fused-ring (bicyclic) bond motifs is 3. The van der Waals surface area contributed by atoms with Crippen LogP contribution >= 0.6 is 11.6 Å². The second-order valence-corrected chi connectivity index (χ2v) is 9.24. The Morgan fingerprint density at radius 3 is 2.55 bits per heavy atom. The monoisotopic (exact) mass is 434 g/mol. The van der Waals surface area contributed by atoms with Crippen LogP contribution in [0.25, 0.3) is 27.9 Å². The van der Waals surface area contributed by atoms with Crippen LogP contribution in [-0.4, -0.2) is 56.7 Å². The van der Waals surface area contributed by atoms with Crippen molar-refractivity contribution in [2.24, 2.45) is 5.92 Å². The van der Waals surface area contributed by atoms with Crippen LogP contribution in [-0.2, 0) is 0 Å². The molecule has 2 aromatic heterocycles. The molecular weight excluding hydrogens is 408 g/mol. The molecule has 0 bridgehead atoms. The number of anilines is 1. The largest absolute Gasteiger partial charge is 0.339 e. The van der Waals surface area contributed by atoms with E-state index in [9.17, 15) is 0 Å². The van der Waals surface area contributed by atoms with Crippen LogP contribution < -0.4 is 4.90 Å². The summed E-state index contributed by atoms with van der Waals surface area (Å²) in [6.45, 7) is 10.9. The molecule has 0 aliphatic carbocycles. The number of aromatic nitrogens is 4. The summed E-state index contributed by atoms with van der Waals surface area (Å²) in [5.41, 5.74) is 2.75. The molecule has 160 valence electrons. The zero-order valence-corrected chi connectivity index (χ0v) is 18.9. The van der Waals surface area contributed by atoms with Gasteiger partial charge in [0, 0.05) is 48.2 Å². The summed E-state index contributed by atoms with van der Waals surface area (Å²) in [5.74, 6) is 2.35. The number of piperazine rings is 1. The van der Waals surface area contributed by atoms with Crippen LogP contribution in [0.2, 0.25) is 5.02 Å². The van der Waals surface area contributed by atoms with E-state index in [0.717, 1.165) is 60.1 Å². The Balaban J connectivity index is 1.64. The van der Waals surface area contributed by atoms with Gasteiger partial charge in [-0.25, -0.2) is 9.38 Å². The van der Waals surface area contributed by atoms with Crippen molar-refractivity contribution in [1.29, 1.82) is 0 Å². The molecule has 0 spiro atoms. The van der Waals surface area contributed by atoms with Crippen LogP contribution in [0.1, 0.15) is 20.8 Å². The van der Waals surface area contributed by atoms with Gasteiger partial charge in [-0.15, -0.1) is 10.2 Å². The maximum absolute atomic E-state index is 6.12. The van der Waals surface area contributed by atoms with Gasteiger partial charge in [-0.05, 0) is 49.2 Å². The highest BCUT2D eigenvalue weighted by molar-refractivity contribution is 6.30. The van der Waals surface area contributed by atoms with Crippen molar-refractivity contribution >= 4 is 34.1 Å². The third-order valence-electron chi connectivity index (χ3n) is 5.98. The molecule has 6 nitrogen and oxygen atoms in total. The lowest BCUT2D eigenvalue weighted by molar-refractivity contribution is 0.168. The maximum atomic E-state index is 6.12. The molecule has 1 atom stereocenters. The Kier molecular flexibility index (Phi) is 5.28. The van der Waals surface area contributed by atoms with Crippen LogP contribution in [0.15, 0.2) is 48.5 Å². The van der Waals surface area contributed by atoms with Crippen molar-refractivity contribution in [3.05, 3.63) is 53.6 Å². The van der Waals surface area contributed by atoms with E-state index in [2.05, 4.69) is 51.2 Å². The van der Waals surface area contributed by atoms with Gasteiger partial charge in [0.1, 0.15) is 0 Å². The van der Waals surface area contributed by atoms with Gasteiger partial charge in [0.2, 0.25) is 5.95 Å². The normalized spacial score (nSPS) is 17.8. The topological polar surface area (TPSA) is 49.6 Å². The van der Waals surface area contributed by atoms with Crippen LogP contribution in [0.4, 0.5) is 5.95 Å². The maximum Gasteiger partial charge on any atom is 0.213 e. The summed E-state index contributed by atoms with van der Waals surface area (Å²) in [5, 5.41) is 10.9. The van der Waals surface area contributed by atoms with Gasteiger partial charge in [-0.2, -0.15) is 0 Å². The second-order valence-electron chi connectivity index (χ2n) is 8.80. The lowest BCUT2D eigenvalue weighted by Crippen LogP contribution is -2.53. The predicted molar refractivity (Wildman–Crippen MR) is 127 cm³/mol. The fraction of sp³-hybridized carbons (Fsp3) is 0.375. The van der Waals surface area contributed by atoms with Gasteiger partial charge in [-0.3, -0.25) is 4.90 Å². The molecule has 3 heterocycles. The SMILES string of the molecule is CC(C)CN1CCN(c2nc3ccccc3c3nnc(-c4ccc(Cl)cc4)n23)C[C@H]1C. The van der Waals surface area contributed by atoms with E-state index in [1.54, 1.807) is 0 Å². The second kappa shape index (κ2) is 8.09. The van der Waals surface area contributed by atoms with Crippen LogP contribution in [0.3, 0.4) is 0 Å². The van der Waals surface area contributed by atoms with Crippen molar-refractivity contribution in [3.63, 3.8) is 0 Å². The molecule has 5 rings (SSSR count). The number of hydrogen-bond donors (Lipinski definition) is 0. The highest BCUT2D eigenvalue weighted by Gasteiger charge is 2.28. The molecule has 0 amide bonds. The molecule has 0 saturated carbocycles. The van der Waals surface area contributed by atoms with E-state index >= 15 is 0 Å². The van der Waals surface area contributed by atoms with Crippen molar-refractivity contribution in [2.75, 3.05) is 31.1 Å². The van der Waals surface area contributed by atoms with Gasteiger partial charge in [-0.1, -0.05) is 37.6 Å². The standard InChI is InChI=1S/C24H27ClN6/c1-16(2)14-29-12-13-30(15-17(29)3)24-26-21-7-5-4-6-20(21)23-28-27-22(31(23)24)18-8-10-19(25)11-9-18/h4-11,16-17H,12-15H2,1-3H3/t17-/m1/s1. The Bertz CT molecular complexity index is 1220. The van der Waals surface area contributed by atoms with Gasteiger partial charge in [0.05, 0.1) is 5.52 Å². The third-order valence-corrected chi connectivity index (χ3v) is 6.23. The minimum Gasteiger partial charge on any atom is -0.339 e. The van der Waals surface area contributed by atoms with Crippen LogP contribution in [0, 0.1) is 5.92 Å². The molecule has 31 heavy (non-hydrogen) atoms. The smallest absolute Gasteiger partial charge is 0.213 e. The zero-order valence-electron chi connectivity index (χ0n) is 18.2.